The second kappa shape index (κ2) is 11.5. The van der Waals surface area contributed by atoms with Crippen LogP contribution in [0.2, 0.25) is 18.1 Å². The minimum Gasteiger partial charge on any atom is -0.414 e. The lowest BCUT2D eigenvalue weighted by Crippen LogP contribution is -2.43. The monoisotopic (exact) mass is 496 g/mol. The number of hydrogen-bond acceptors (Lipinski definition) is 3. The number of alkyl halides is 1. The van der Waals surface area contributed by atoms with E-state index in [0.717, 1.165) is 25.2 Å². The molecule has 4 atom stereocenters. The molecule has 0 amide bonds. The first-order valence-corrected chi connectivity index (χ1v) is 14.5. The Hall–Kier alpha value is 0.567. The Kier molecular flexibility index (Phi) is 10.9. The van der Waals surface area contributed by atoms with Crippen LogP contribution in [0.25, 0.3) is 0 Å². The molecule has 0 N–H and O–H groups in total. The fourth-order valence-corrected chi connectivity index (χ4v) is 5.84. The van der Waals surface area contributed by atoms with Gasteiger partial charge in [0.25, 0.3) is 0 Å². The first-order valence-electron chi connectivity index (χ1n) is 10.1. The van der Waals surface area contributed by atoms with E-state index < -0.39 is 8.32 Å². The van der Waals surface area contributed by atoms with Gasteiger partial charge in [-0.25, -0.2) is 0 Å². The van der Waals surface area contributed by atoms with Gasteiger partial charge in [0.1, 0.15) is 6.79 Å². The van der Waals surface area contributed by atoms with Crippen molar-refractivity contribution in [3.8, 4) is 0 Å². The van der Waals surface area contributed by atoms with E-state index in [0.29, 0.717) is 30.0 Å². The second-order valence-electron chi connectivity index (χ2n) is 9.29. The molecule has 154 valence electrons. The summed E-state index contributed by atoms with van der Waals surface area (Å²) < 4.78 is 18.5. The Morgan fingerprint density at radius 3 is 2.50 bits per heavy atom. The average Bonchev–Trinajstić information content (AvgIpc) is 2.93. The van der Waals surface area contributed by atoms with Crippen LogP contribution in [0.5, 0.6) is 0 Å². The van der Waals surface area contributed by atoms with Crippen LogP contribution < -0.4 is 0 Å². The van der Waals surface area contributed by atoms with Crippen LogP contribution in [-0.2, 0) is 13.9 Å². The molecule has 0 saturated heterocycles. The summed E-state index contributed by atoms with van der Waals surface area (Å²) in [5.74, 6) is 1.41. The van der Waals surface area contributed by atoms with Crippen molar-refractivity contribution in [2.75, 3.05) is 18.3 Å². The molecule has 0 unspecified atom stereocenters. The van der Waals surface area contributed by atoms with Gasteiger partial charge in [-0.3, -0.25) is 0 Å². The molecule has 1 fully saturated rings. The largest absolute Gasteiger partial charge is 0.414 e. The zero-order valence-corrected chi connectivity index (χ0v) is 21.2. The molecule has 0 aromatic heterocycles. The molecular formula is C21H41IO3Si. The van der Waals surface area contributed by atoms with Crippen molar-refractivity contribution in [1.29, 1.82) is 0 Å². The molecule has 0 spiro atoms. The van der Waals surface area contributed by atoms with Crippen LogP contribution in [0, 0.1) is 11.8 Å². The molecule has 1 rings (SSSR count). The van der Waals surface area contributed by atoms with Gasteiger partial charge < -0.3 is 13.9 Å². The lowest BCUT2D eigenvalue weighted by Gasteiger charge is -2.38. The van der Waals surface area contributed by atoms with E-state index >= 15 is 0 Å². The summed E-state index contributed by atoms with van der Waals surface area (Å²) in [5, 5.41) is 0.291. The van der Waals surface area contributed by atoms with E-state index in [1.807, 2.05) is 0 Å². The van der Waals surface area contributed by atoms with Gasteiger partial charge in [0.2, 0.25) is 0 Å². The Bertz CT molecular complexity index is 420. The smallest absolute Gasteiger partial charge is 0.192 e. The lowest BCUT2D eigenvalue weighted by molar-refractivity contribution is -0.0700. The molecule has 0 radical (unpaired) electrons. The minimum absolute atomic E-state index is 0.291. The molecule has 26 heavy (non-hydrogen) atoms. The summed E-state index contributed by atoms with van der Waals surface area (Å²) in [6.45, 7) is 14.3. The molecule has 0 bridgehead atoms. The average molecular weight is 497 g/mol. The molecule has 1 aliphatic carbocycles. The van der Waals surface area contributed by atoms with E-state index in [2.05, 4.69) is 75.5 Å². The van der Waals surface area contributed by atoms with Gasteiger partial charge in [0.05, 0.1) is 6.10 Å². The number of rotatable bonds is 11. The van der Waals surface area contributed by atoms with E-state index in [-0.39, 0.29) is 0 Å². The number of ether oxygens (including phenoxy) is 2. The third-order valence-corrected chi connectivity index (χ3v) is 11.7. The maximum Gasteiger partial charge on any atom is 0.192 e. The number of unbranched alkanes of at least 4 members (excludes halogenated alkanes) is 1. The zero-order chi connectivity index (χ0) is 19.8. The van der Waals surface area contributed by atoms with Crippen LogP contribution in [0.3, 0.4) is 0 Å². The van der Waals surface area contributed by atoms with E-state index in [4.69, 9.17) is 13.9 Å². The molecule has 0 heterocycles. The summed E-state index contributed by atoms with van der Waals surface area (Å²) >= 11 is 2.51. The van der Waals surface area contributed by atoms with Gasteiger partial charge in [-0.05, 0) is 69.0 Å². The molecule has 5 heteroatoms. The molecule has 1 aliphatic rings. The predicted molar refractivity (Wildman–Crippen MR) is 123 cm³/mol. The summed E-state index contributed by atoms with van der Waals surface area (Å²) in [4.78, 5) is 0. The van der Waals surface area contributed by atoms with Crippen molar-refractivity contribution >= 4 is 30.9 Å². The third-order valence-electron chi connectivity index (χ3n) is 5.99. The SMILES string of the molecule is COCO[C@@H]1C[C@@H](CI)[C@H](/C=C\CCC[C@H](C)O[Si](C)(C)C(C)(C)C)C1. The van der Waals surface area contributed by atoms with E-state index in [1.54, 1.807) is 7.11 Å². The highest BCUT2D eigenvalue weighted by atomic mass is 127. The number of methoxy groups -OCH3 is 1. The quantitative estimate of drug-likeness (QED) is 0.0808. The van der Waals surface area contributed by atoms with Crippen molar-refractivity contribution in [1.82, 2.24) is 0 Å². The lowest BCUT2D eigenvalue weighted by atomic mass is 9.97. The molecule has 1 saturated carbocycles. The molecular weight excluding hydrogens is 455 g/mol. The maximum absolute atomic E-state index is 6.45. The predicted octanol–water partition coefficient (Wildman–Crippen LogP) is 6.57. The summed E-state index contributed by atoms with van der Waals surface area (Å²) in [6.07, 6.45) is 11.4. The van der Waals surface area contributed by atoms with Crippen molar-refractivity contribution < 1.29 is 13.9 Å². The summed E-state index contributed by atoms with van der Waals surface area (Å²) in [5.41, 5.74) is 0. The van der Waals surface area contributed by atoms with E-state index in [9.17, 15) is 0 Å². The van der Waals surface area contributed by atoms with Gasteiger partial charge in [0, 0.05) is 17.6 Å². The van der Waals surface area contributed by atoms with Gasteiger partial charge in [0.15, 0.2) is 8.32 Å². The second-order valence-corrected chi connectivity index (χ2v) is 14.9. The highest BCUT2D eigenvalue weighted by Gasteiger charge is 2.38. The van der Waals surface area contributed by atoms with Crippen LogP contribution in [0.4, 0.5) is 0 Å². The normalized spacial score (nSPS) is 25.9. The molecule has 0 aromatic carbocycles. The first-order chi connectivity index (χ1) is 12.1. The number of hydrogen-bond donors (Lipinski definition) is 0. The fraction of sp³-hybridized carbons (Fsp3) is 0.905. The van der Waals surface area contributed by atoms with Crippen molar-refractivity contribution in [2.45, 2.75) is 90.1 Å². The van der Waals surface area contributed by atoms with Gasteiger partial charge in [-0.1, -0.05) is 55.5 Å². The number of halogens is 1. The van der Waals surface area contributed by atoms with Gasteiger partial charge in [-0.2, -0.15) is 0 Å². The Morgan fingerprint density at radius 2 is 1.92 bits per heavy atom. The Balaban J connectivity index is 2.31. The van der Waals surface area contributed by atoms with Crippen molar-refractivity contribution in [3.05, 3.63) is 12.2 Å². The van der Waals surface area contributed by atoms with Crippen molar-refractivity contribution in [2.24, 2.45) is 11.8 Å². The standard InChI is InChI=1S/C21H41IO3Si/c1-17(25-26(6,7)21(2,3)4)11-9-8-10-12-18-13-20(24-16-23-5)14-19(18)15-22/h10,12,17-20H,8-9,11,13-16H2,1-7H3/b12-10-/t17-,18+,19-,20-/m0/s1. The van der Waals surface area contributed by atoms with Gasteiger partial charge in [-0.15, -0.1) is 0 Å². The molecule has 3 nitrogen and oxygen atoms in total. The van der Waals surface area contributed by atoms with Crippen molar-refractivity contribution in [3.63, 3.8) is 0 Å². The molecule has 0 aliphatic heterocycles. The molecule has 0 aromatic rings. The Labute approximate surface area is 176 Å². The Morgan fingerprint density at radius 1 is 1.23 bits per heavy atom. The highest BCUT2D eigenvalue weighted by molar-refractivity contribution is 14.1. The minimum atomic E-state index is -1.63. The summed E-state index contributed by atoms with van der Waals surface area (Å²) in [6, 6.07) is 0. The fourth-order valence-electron chi connectivity index (χ4n) is 3.35. The zero-order valence-electron chi connectivity index (χ0n) is 18.0. The highest BCUT2D eigenvalue weighted by Crippen LogP contribution is 2.38. The maximum atomic E-state index is 6.45. The van der Waals surface area contributed by atoms with E-state index in [1.165, 1.54) is 17.3 Å². The van der Waals surface area contributed by atoms with Crippen LogP contribution in [0.1, 0.15) is 59.8 Å². The van der Waals surface area contributed by atoms with Gasteiger partial charge >= 0.3 is 0 Å². The third kappa shape index (κ3) is 8.29. The summed E-state index contributed by atoms with van der Waals surface area (Å²) in [7, 11) is 0.0589. The first kappa shape index (κ1) is 24.6. The van der Waals surface area contributed by atoms with Crippen LogP contribution in [-0.4, -0.2) is 38.9 Å². The topological polar surface area (TPSA) is 27.7 Å². The van der Waals surface area contributed by atoms with Crippen LogP contribution >= 0.6 is 22.6 Å². The van der Waals surface area contributed by atoms with Crippen LogP contribution in [0.15, 0.2) is 12.2 Å². The number of allylic oxidation sites excluding steroid dienone is 2.